The van der Waals surface area contributed by atoms with E-state index < -0.39 is 8.07 Å². The second-order valence-corrected chi connectivity index (χ2v) is 20.7. The first-order valence-electron chi connectivity index (χ1n) is 21.1. The monoisotopic (exact) mass is 783 g/mol. The first-order valence-corrected chi connectivity index (χ1v) is 23.1. The number of hydrogen-bond donors (Lipinski definition) is 0. The van der Waals surface area contributed by atoms with Gasteiger partial charge in [-0.3, -0.25) is 0 Å². The van der Waals surface area contributed by atoms with Gasteiger partial charge in [0.05, 0.1) is 5.69 Å². The molecule has 286 valence electrons. The third-order valence-corrected chi connectivity index (χ3v) is 18.0. The van der Waals surface area contributed by atoms with Crippen molar-refractivity contribution in [1.82, 2.24) is 0 Å². The Bertz CT molecular complexity index is 3030. The second-order valence-electron chi connectivity index (χ2n) is 17.0. The average Bonchev–Trinajstić information content (AvgIpc) is 3.73. The van der Waals surface area contributed by atoms with E-state index in [4.69, 9.17) is 0 Å². The highest BCUT2D eigenvalue weighted by Gasteiger charge is 2.49. The molecule has 0 atom stereocenters. The molecule has 9 aromatic carbocycles. The van der Waals surface area contributed by atoms with Gasteiger partial charge in [-0.2, -0.15) is 0 Å². The van der Waals surface area contributed by atoms with Gasteiger partial charge >= 0.3 is 0 Å². The average molecular weight is 784 g/mol. The Balaban J connectivity index is 1.21. The zero-order valence-electron chi connectivity index (χ0n) is 34.2. The van der Waals surface area contributed by atoms with Crippen molar-refractivity contribution in [2.75, 3.05) is 4.90 Å². The first kappa shape index (κ1) is 36.1. The Morgan fingerprint density at radius 1 is 0.367 bits per heavy atom. The Kier molecular flexibility index (Phi) is 8.47. The van der Waals surface area contributed by atoms with Crippen LogP contribution in [0.5, 0.6) is 0 Å². The normalized spacial score (nSPS) is 13.8. The molecular formula is C58H45NSi. The largest absolute Gasteiger partial charge is 0.310 e. The molecule has 1 heterocycles. The number of nitrogens with zero attached hydrogens (tertiary/aromatic N) is 1. The van der Waals surface area contributed by atoms with Gasteiger partial charge in [-0.05, 0) is 120 Å². The highest BCUT2D eigenvalue weighted by Crippen LogP contribution is 2.51. The van der Waals surface area contributed by atoms with Crippen LogP contribution >= 0.6 is 0 Å². The van der Waals surface area contributed by atoms with Crippen LogP contribution in [-0.2, 0) is 5.41 Å². The van der Waals surface area contributed by atoms with Crippen LogP contribution in [-0.4, -0.2) is 8.07 Å². The summed E-state index contributed by atoms with van der Waals surface area (Å²) < 4.78 is 0. The second kappa shape index (κ2) is 14.1. The quantitative estimate of drug-likeness (QED) is 0.146. The number of rotatable bonds is 7. The molecular weight excluding hydrogens is 739 g/mol. The highest BCUT2D eigenvalue weighted by atomic mass is 28.3. The minimum absolute atomic E-state index is 0.146. The van der Waals surface area contributed by atoms with E-state index in [1.165, 1.54) is 81.9 Å². The van der Waals surface area contributed by atoms with E-state index in [0.717, 1.165) is 17.1 Å². The van der Waals surface area contributed by atoms with Gasteiger partial charge in [0.15, 0.2) is 8.07 Å². The lowest BCUT2D eigenvalue weighted by molar-refractivity contribution is 0.660. The molecule has 11 rings (SSSR count). The van der Waals surface area contributed by atoms with Crippen molar-refractivity contribution in [3.8, 4) is 44.5 Å². The number of hydrogen-bond acceptors (Lipinski definition) is 1. The summed E-state index contributed by atoms with van der Waals surface area (Å²) in [5.41, 5.74) is 17.4. The lowest BCUT2D eigenvalue weighted by atomic mass is 9.82. The molecule has 1 aliphatic carbocycles. The zero-order chi connectivity index (χ0) is 40.4. The summed E-state index contributed by atoms with van der Waals surface area (Å²) >= 11 is 0. The van der Waals surface area contributed by atoms with Crippen molar-refractivity contribution < 1.29 is 0 Å². The molecule has 60 heavy (non-hydrogen) atoms. The molecule has 9 aromatic rings. The molecule has 1 aliphatic heterocycles. The van der Waals surface area contributed by atoms with E-state index in [1.54, 1.807) is 0 Å². The van der Waals surface area contributed by atoms with Crippen molar-refractivity contribution in [3.63, 3.8) is 0 Å². The maximum absolute atomic E-state index is 2.78. The van der Waals surface area contributed by atoms with E-state index in [-0.39, 0.29) is 5.41 Å². The Hall–Kier alpha value is -7.00. The summed E-state index contributed by atoms with van der Waals surface area (Å²) in [6.07, 6.45) is 0. The van der Waals surface area contributed by atoms with Gasteiger partial charge in [0.2, 0.25) is 0 Å². The molecule has 0 amide bonds. The predicted octanol–water partition coefficient (Wildman–Crippen LogP) is 12.5. The van der Waals surface area contributed by atoms with E-state index in [2.05, 4.69) is 244 Å². The van der Waals surface area contributed by atoms with E-state index in [0.29, 0.717) is 0 Å². The number of aryl methyl sites for hydroxylation is 1. The molecule has 0 spiro atoms. The fraction of sp³-hybridized carbons (Fsp3) is 0.0690. The van der Waals surface area contributed by atoms with Crippen LogP contribution in [0.3, 0.4) is 0 Å². The van der Waals surface area contributed by atoms with Crippen LogP contribution in [0, 0.1) is 6.92 Å². The van der Waals surface area contributed by atoms with Gasteiger partial charge in [0, 0.05) is 22.4 Å². The van der Waals surface area contributed by atoms with Gasteiger partial charge < -0.3 is 4.90 Å². The van der Waals surface area contributed by atoms with E-state index in [1.807, 2.05) is 0 Å². The smallest absolute Gasteiger partial charge is 0.180 e. The molecule has 0 aromatic heterocycles. The predicted molar refractivity (Wildman–Crippen MR) is 257 cm³/mol. The van der Waals surface area contributed by atoms with Crippen LogP contribution < -0.4 is 25.6 Å². The van der Waals surface area contributed by atoms with Crippen molar-refractivity contribution >= 4 is 45.9 Å². The highest BCUT2D eigenvalue weighted by molar-refractivity contribution is 7.22. The maximum atomic E-state index is 2.55. The minimum atomic E-state index is -2.78. The van der Waals surface area contributed by atoms with Gasteiger partial charge in [0.25, 0.3) is 0 Å². The molecule has 0 bridgehead atoms. The van der Waals surface area contributed by atoms with Crippen LogP contribution in [0.15, 0.2) is 218 Å². The Morgan fingerprint density at radius 3 is 1.62 bits per heavy atom. The maximum Gasteiger partial charge on any atom is 0.180 e. The zero-order valence-corrected chi connectivity index (χ0v) is 35.2. The molecule has 0 saturated heterocycles. The topological polar surface area (TPSA) is 3.24 Å². The van der Waals surface area contributed by atoms with Crippen molar-refractivity contribution in [3.05, 3.63) is 235 Å². The van der Waals surface area contributed by atoms with E-state index >= 15 is 0 Å². The SMILES string of the molecule is Cc1cc(N(c2ccc3c(c2)C(C)(C)c2ccccc2-3)c2ccc(-c3ccccc3)cc2-c2ccccc2)cc([Si]2(c3ccccc3)c3ccccc3-c3ccccc32)c1. The Morgan fingerprint density at radius 2 is 0.933 bits per heavy atom. The summed E-state index contributed by atoms with van der Waals surface area (Å²) in [5.74, 6) is 0. The molecule has 0 fully saturated rings. The van der Waals surface area contributed by atoms with Crippen LogP contribution in [0.25, 0.3) is 44.5 Å². The fourth-order valence-corrected chi connectivity index (χ4v) is 15.8. The number of benzene rings is 9. The minimum Gasteiger partial charge on any atom is -0.310 e. The van der Waals surface area contributed by atoms with Crippen LogP contribution in [0.4, 0.5) is 17.1 Å². The summed E-state index contributed by atoms with van der Waals surface area (Å²) in [7, 11) is -2.78. The van der Waals surface area contributed by atoms with Gasteiger partial charge in [0.1, 0.15) is 0 Å². The summed E-state index contributed by atoms with van der Waals surface area (Å²) in [6, 6.07) is 82.0. The van der Waals surface area contributed by atoms with Crippen molar-refractivity contribution in [2.24, 2.45) is 0 Å². The molecule has 0 radical (unpaired) electrons. The lowest BCUT2D eigenvalue weighted by Crippen LogP contribution is -2.72. The standard InChI is InChI=1S/C58H45NSi/c1-40-35-45(38-47(36-40)60(46-23-11-6-12-24-46)56-29-17-14-26-50(56)51-27-15-18-30-57(51)60)59(44-32-33-49-48-25-13-16-28-53(48)58(2,3)54(49)39-44)55-34-31-43(41-19-7-4-8-20-41)37-52(55)42-21-9-5-10-22-42/h4-39H,1-3H3. The summed E-state index contributed by atoms with van der Waals surface area (Å²) in [4.78, 5) is 2.55. The molecule has 1 nitrogen and oxygen atoms in total. The fourth-order valence-electron chi connectivity index (χ4n) is 10.5. The van der Waals surface area contributed by atoms with Crippen LogP contribution in [0.2, 0.25) is 0 Å². The number of fused-ring (bicyclic) bond motifs is 6. The van der Waals surface area contributed by atoms with Crippen molar-refractivity contribution in [1.29, 1.82) is 0 Å². The summed E-state index contributed by atoms with van der Waals surface area (Å²) in [5, 5.41) is 5.70. The molecule has 0 N–H and O–H groups in total. The first-order chi connectivity index (χ1) is 29.4. The van der Waals surface area contributed by atoms with Gasteiger partial charge in [-0.1, -0.05) is 196 Å². The molecule has 0 saturated carbocycles. The Labute approximate surface area is 354 Å². The van der Waals surface area contributed by atoms with Crippen molar-refractivity contribution in [2.45, 2.75) is 26.2 Å². The third-order valence-electron chi connectivity index (χ3n) is 13.2. The van der Waals surface area contributed by atoms with Gasteiger partial charge in [-0.15, -0.1) is 0 Å². The molecule has 0 unspecified atom stereocenters. The van der Waals surface area contributed by atoms with Gasteiger partial charge in [-0.25, -0.2) is 0 Å². The number of anilines is 3. The van der Waals surface area contributed by atoms with E-state index in [9.17, 15) is 0 Å². The van der Waals surface area contributed by atoms with Crippen LogP contribution in [0.1, 0.15) is 30.5 Å². The molecule has 2 heteroatoms. The third kappa shape index (κ3) is 5.52. The lowest BCUT2D eigenvalue weighted by Gasteiger charge is -2.34. The summed E-state index contributed by atoms with van der Waals surface area (Å²) in [6.45, 7) is 7.04. The molecule has 2 aliphatic rings.